The van der Waals surface area contributed by atoms with E-state index in [0.717, 1.165) is 12.1 Å². The smallest absolute Gasteiger partial charge is 0.308 e. The Balaban J connectivity index is 3.19. The number of nitro benzene ring substituents is 1. The van der Waals surface area contributed by atoms with Crippen LogP contribution in [-0.4, -0.2) is 11.5 Å². The van der Waals surface area contributed by atoms with Crippen molar-refractivity contribution < 1.29 is 18.4 Å². The zero-order valence-corrected chi connectivity index (χ0v) is 7.29. The molecule has 0 N–H and O–H groups in total. The summed E-state index contributed by atoms with van der Waals surface area (Å²) in [6.07, 6.45) is 0. The second-order valence-electron chi connectivity index (χ2n) is 2.40. The van der Waals surface area contributed by atoms with E-state index in [0.29, 0.717) is 0 Å². The zero-order valence-electron chi connectivity index (χ0n) is 7.29. The minimum Gasteiger partial charge on any atom is -0.491 e. The summed E-state index contributed by atoms with van der Waals surface area (Å²) in [5, 5.41) is 10.2. The summed E-state index contributed by atoms with van der Waals surface area (Å²) in [7, 11) is 0. The summed E-state index contributed by atoms with van der Waals surface area (Å²) in [4.78, 5) is 9.21. The van der Waals surface area contributed by atoms with Gasteiger partial charge in [0, 0.05) is 6.07 Å². The second-order valence-corrected chi connectivity index (χ2v) is 2.40. The van der Waals surface area contributed by atoms with Gasteiger partial charge in [-0.15, -0.1) is 0 Å². The first-order valence-electron chi connectivity index (χ1n) is 3.83. The molecule has 1 aromatic carbocycles. The fourth-order valence-corrected chi connectivity index (χ4v) is 0.930. The van der Waals surface area contributed by atoms with Crippen LogP contribution in [0.4, 0.5) is 14.5 Å². The molecule has 1 aromatic rings. The van der Waals surface area contributed by atoms with Crippen LogP contribution in [0, 0.1) is 21.7 Å². The number of rotatable bonds is 3. The van der Waals surface area contributed by atoms with Gasteiger partial charge in [0.15, 0.2) is 5.75 Å². The SMILES string of the molecule is CCOc1ccc([N+](=O)[O-])c(F)c1F. The molecule has 4 nitrogen and oxygen atoms in total. The first-order chi connectivity index (χ1) is 6.57. The van der Waals surface area contributed by atoms with E-state index >= 15 is 0 Å². The molecule has 1 rings (SSSR count). The third-order valence-electron chi connectivity index (χ3n) is 1.52. The molecule has 76 valence electrons. The molecule has 0 heterocycles. The van der Waals surface area contributed by atoms with Crippen LogP contribution >= 0.6 is 0 Å². The van der Waals surface area contributed by atoms with Crippen molar-refractivity contribution in [1.82, 2.24) is 0 Å². The van der Waals surface area contributed by atoms with Gasteiger partial charge in [0.2, 0.25) is 11.6 Å². The number of hydrogen-bond donors (Lipinski definition) is 0. The van der Waals surface area contributed by atoms with Crippen molar-refractivity contribution in [1.29, 1.82) is 0 Å². The molecule has 14 heavy (non-hydrogen) atoms. The van der Waals surface area contributed by atoms with Gasteiger partial charge in [0.05, 0.1) is 11.5 Å². The van der Waals surface area contributed by atoms with E-state index in [1.54, 1.807) is 6.92 Å². The molecule has 0 aromatic heterocycles. The van der Waals surface area contributed by atoms with E-state index in [4.69, 9.17) is 4.74 Å². The van der Waals surface area contributed by atoms with Crippen molar-refractivity contribution in [3.63, 3.8) is 0 Å². The number of halogens is 2. The van der Waals surface area contributed by atoms with E-state index in [1.807, 2.05) is 0 Å². The van der Waals surface area contributed by atoms with Crippen LogP contribution in [0.3, 0.4) is 0 Å². The predicted molar refractivity (Wildman–Crippen MR) is 44.2 cm³/mol. The van der Waals surface area contributed by atoms with Gasteiger partial charge in [-0.1, -0.05) is 0 Å². The van der Waals surface area contributed by atoms with Crippen molar-refractivity contribution >= 4 is 5.69 Å². The van der Waals surface area contributed by atoms with Gasteiger partial charge in [-0.05, 0) is 13.0 Å². The van der Waals surface area contributed by atoms with E-state index in [2.05, 4.69) is 0 Å². The number of nitro groups is 1. The lowest BCUT2D eigenvalue weighted by atomic mass is 10.3. The molecule has 0 amide bonds. The van der Waals surface area contributed by atoms with Crippen LogP contribution in [0.25, 0.3) is 0 Å². The van der Waals surface area contributed by atoms with Crippen LogP contribution in [0.15, 0.2) is 12.1 Å². The third-order valence-corrected chi connectivity index (χ3v) is 1.52. The van der Waals surface area contributed by atoms with E-state index in [-0.39, 0.29) is 12.4 Å². The summed E-state index contributed by atoms with van der Waals surface area (Å²) in [6.45, 7) is 1.76. The lowest BCUT2D eigenvalue weighted by Crippen LogP contribution is -2.00. The van der Waals surface area contributed by atoms with Crippen molar-refractivity contribution in [2.75, 3.05) is 6.61 Å². The number of ether oxygens (including phenoxy) is 1. The fraction of sp³-hybridized carbons (Fsp3) is 0.250. The van der Waals surface area contributed by atoms with Gasteiger partial charge in [0.25, 0.3) is 0 Å². The Bertz CT molecular complexity index is 368. The lowest BCUT2D eigenvalue weighted by molar-refractivity contribution is -0.387. The summed E-state index contributed by atoms with van der Waals surface area (Å²) in [6, 6.07) is 1.89. The quantitative estimate of drug-likeness (QED) is 0.559. The summed E-state index contributed by atoms with van der Waals surface area (Å²) in [5.74, 6) is -3.15. The van der Waals surface area contributed by atoms with Gasteiger partial charge < -0.3 is 4.74 Å². The van der Waals surface area contributed by atoms with Crippen molar-refractivity contribution in [3.05, 3.63) is 33.9 Å². The van der Waals surface area contributed by atoms with Crippen LogP contribution in [0.1, 0.15) is 6.92 Å². The molecule has 0 saturated carbocycles. The minimum absolute atomic E-state index is 0.161. The monoisotopic (exact) mass is 203 g/mol. The molecular weight excluding hydrogens is 196 g/mol. The molecule has 0 bridgehead atoms. The Labute approximate surface area is 78.3 Å². The highest BCUT2D eigenvalue weighted by Crippen LogP contribution is 2.26. The maximum Gasteiger partial charge on any atom is 0.308 e. The molecule has 0 fully saturated rings. The number of benzene rings is 1. The largest absolute Gasteiger partial charge is 0.491 e. The average molecular weight is 203 g/mol. The Morgan fingerprint density at radius 3 is 2.57 bits per heavy atom. The normalized spacial score (nSPS) is 9.93. The van der Waals surface area contributed by atoms with Gasteiger partial charge in [-0.25, -0.2) is 0 Å². The molecule has 0 spiro atoms. The van der Waals surface area contributed by atoms with Gasteiger partial charge in [-0.3, -0.25) is 10.1 Å². The number of hydrogen-bond acceptors (Lipinski definition) is 3. The first kappa shape index (κ1) is 10.4. The molecule has 6 heteroatoms. The van der Waals surface area contributed by atoms with Crippen LogP contribution in [0.5, 0.6) is 5.75 Å². The maximum absolute atomic E-state index is 13.0. The Hall–Kier alpha value is -1.72. The molecule has 0 radical (unpaired) electrons. The van der Waals surface area contributed by atoms with Crippen LogP contribution in [-0.2, 0) is 0 Å². The summed E-state index contributed by atoms with van der Waals surface area (Å²) >= 11 is 0. The molecule has 0 saturated heterocycles. The Kier molecular flexibility index (Phi) is 2.95. The minimum atomic E-state index is -1.50. The average Bonchev–Trinajstić information content (AvgIpc) is 2.13. The van der Waals surface area contributed by atoms with Crippen molar-refractivity contribution in [2.24, 2.45) is 0 Å². The highest BCUT2D eigenvalue weighted by atomic mass is 19.2. The zero-order chi connectivity index (χ0) is 10.7. The molecule has 0 aliphatic carbocycles. The first-order valence-corrected chi connectivity index (χ1v) is 3.83. The van der Waals surface area contributed by atoms with Crippen molar-refractivity contribution in [3.8, 4) is 5.75 Å². The van der Waals surface area contributed by atoms with Gasteiger partial charge in [-0.2, -0.15) is 8.78 Å². The predicted octanol–water partition coefficient (Wildman–Crippen LogP) is 2.27. The summed E-state index contributed by atoms with van der Waals surface area (Å²) < 4.78 is 30.7. The van der Waals surface area contributed by atoms with E-state index < -0.39 is 22.2 Å². The fourth-order valence-electron chi connectivity index (χ4n) is 0.930. The highest BCUT2D eigenvalue weighted by Gasteiger charge is 2.21. The topological polar surface area (TPSA) is 52.4 Å². The summed E-state index contributed by atoms with van der Waals surface area (Å²) in [5.41, 5.74) is -0.897. The number of nitrogens with zero attached hydrogens (tertiary/aromatic N) is 1. The highest BCUT2D eigenvalue weighted by molar-refractivity contribution is 5.39. The van der Waals surface area contributed by atoms with Crippen LogP contribution in [0.2, 0.25) is 0 Å². The van der Waals surface area contributed by atoms with E-state index in [9.17, 15) is 18.9 Å². The standard InChI is InChI=1S/C8H7F2NO3/c1-2-14-6-4-3-5(11(12)13)7(9)8(6)10/h3-4H,2H2,1H3. The lowest BCUT2D eigenvalue weighted by Gasteiger charge is -2.04. The molecule has 0 unspecified atom stereocenters. The molecule has 0 aliphatic heterocycles. The van der Waals surface area contributed by atoms with Crippen molar-refractivity contribution in [2.45, 2.75) is 6.92 Å². The maximum atomic E-state index is 13.0. The Morgan fingerprint density at radius 1 is 1.43 bits per heavy atom. The second kappa shape index (κ2) is 3.99. The van der Waals surface area contributed by atoms with Gasteiger partial charge >= 0.3 is 5.69 Å². The third kappa shape index (κ3) is 1.78. The Morgan fingerprint density at radius 2 is 2.07 bits per heavy atom. The van der Waals surface area contributed by atoms with Crippen LogP contribution < -0.4 is 4.74 Å². The molecule has 0 aliphatic rings. The van der Waals surface area contributed by atoms with Gasteiger partial charge in [0.1, 0.15) is 0 Å². The van der Waals surface area contributed by atoms with E-state index in [1.165, 1.54) is 0 Å². The molecular formula is C8H7F2NO3. The molecule has 0 atom stereocenters.